The van der Waals surface area contributed by atoms with Gasteiger partial charge in [-0.05, 0) is 30.2 Å². The summed E-state index contributed by atoms with van der Waals surface area (Å²) in [5, 5.41) is 2.92. The molecule has 4 rings (SSSR count). The van der Waals surface area contributed by atoms with E-state index >= 15 is 0 Å². The van der Waals surface area contributed by atoms with Gasteiger partial charge in [0.2, 0.25) is 10.8 Å². The zero-order valence-electron chi connectivity index (χ0n) is 12.7. The van der Waals surface area contributed by atoms with E-state index in [1.165, 1.54) is 17.3 Å². The average molecular weight is 324 g/mol. The summed E-state index contributed by atoms with van der Waals surface area (Å²) in [5.74, 6) is 0.123. The number of rotatable bonds is 2. The molecule has 0 aromatic heterocycles. The third kappa shape index (κ3) is 1.93. The monoisotopic (exact) mass is 324 g/mol. The summed E-state index contributed by atoms with van der Waals surface area (Å²) in [6.07, 6.45) is 0.942. The van der Waals surface area contributed by atoms with Crippen LogP contribution in [0, 0.1) is 0 Å². The van der Waals surface area contributed by atoms with Gasteiger partial charge in [-0.3, -0.25) is 14.5 Å². The zero-order valence-corrected chi connectivity index (χ0v) is 13.5. The van der Waals surface area contributed by atoms with Crippen LogP contribution in [0.1, 0.15) is 18.1 Å². The minimum absolute atomic E-state index is 0.0360. The van der Waals surface area contributed by atoms with Crippen LogP contribution in [0.15, 0.2) is 48.5 Å². The Bertz CT molecular complexity index is 803. The van der Waals surface area contributed by atoms with Gasteiger partial charge in [-0.2, -0.15) is 0 Å². The number of hydrogen-bond donors (Lipinski definition) is 1. The molecule has 2 aromatic rings. The van der Waals surface area contributed by atoms with Gasteiger partial charge in [-0.15, -0.1) is 11.8 Å². The van der Waals surface area contributed by atoms with Crippen molar-refractivity contribution in [1.82, 2.24) is 0 Å². The zero-order chi connectivity index (χ0) is 16.0. The first-order chi connectivity index (χ1) is 11.2. The first-order valence-corrected chi connectivity index (χ1v) is 8.62. The topological polar surface area (TPSA) is 49.4 Å². The van der Waals surface area contributed by atoms with E-state index in [1.807, 2.05) is 48.5 Å². The molecule has 4 nitrogen and oxygen atoms in total. The molecule has 116 valence electrons. The SMILES string of the molecule is CCc1ccc(N2C(=O)CS[C@@]23C(=O)Nc2ccccc23)cc1. The van der Waals surface area contributed by atoms with E-state index in [4.69, 9.17) is 0 Å². The van der Waals surface area contributed by atoms with Crippen molar-refractivity contribution in [2.24, 2.45) is 0 Å². The molecule has 23 heavy (non-hydrogen) atoms. The van der Waals surface area contributed by atoms with Crippen LogP contribution in [0.4, 0.5) is 11.4 Å². The number of benzene rings is 2. The van der Waals surface area contributed by atoms with E-state index in [9.17, 15) is 9.59 Å². The number of aryl methyl sites for hydroxylation is 1. The Morgan fingerprint density at radius 1 is 1.13 bits per heavy atom. The van der Waals surface area contributed by atoms with Crippen molar-refractivity contribution < 1.29 is 9.59 Å². The highest BCUT2D eigenvalue weighted by Gasteiger charge is 2.58. The highest BCUT2D eigenvalue weighted by molar-refractivity contribution is 8.02. The van der Waals surface area contributed by atoms with Crippen LogP contribution in [0.3, 0.4) is 0 Å². The van der Waals surface area contributed by atoms with Crippen LogP contribution >= 0.6 is 11.8 Å². The smallest absolute Gasteiger partial charge is 0.266 e. The number of fused-ring (bicyclic) bond motifs is 2. The van der Waals surface area contributed by atoms with Gasteiger partial charge in [0.15, 0.2) is 0 Å². The van der Waals surface area contributed by atoms with Gasteiger partial charge in [-0.25, -0.2) is 0 Å². The molecule has 0 radical (unpaired) electrons. The summed E-state index contributed by atoms with van der Waals surface area (Å²) < 4.78 is 0. The fraction of sp³-hybridized carbons (Fsp3) is 0.222. The number of carbonyl (C=O) groups is 2. The molecular formula is C18H16N2O2S. The van der Waals surface area contributed by atoms with Gasteiger partial charge in [0, 0.05) is 16.9 Å². The molecular weight excluding hydrogens is 308 g/mol. The minimum atomic E-state index is -0.985. The van der Waals surface area contributed by atoms with E-state index in [0.717, 1.165) is 23.4 Å². The van der Waals surface area contributed by atoms with Crippen molar-refractivity contribution in [3.05, 3.63) is 59.7 Å². The van der Waals surface area contributed by atoms with Crippen LogP contribution < -0.4 is 10.2 Å². The molecule has 1 saturated heterocycles. The number of para-hydroxylation sites is 1. The number of thioether (sulfide) groups is 1. The molecule has 2 aliphatic rings. The highest BCUT2D eigenvalue weighted by atomic mass is 32.2. The summed E-state index contributed by atoms with van der Waals surface area (Å²) in [6, 6.07) is 15.5. The summed E-state index contributed by atoms with van der Waals surface area (Å²) in [4.78, 5) is 26.0. The largest absolute Gasteiger partial charge is 0.323 e. The van der Waals surface area contributed by atoms with Gasteiger partial charge < -0.3 is 5.32 Å². The summed E-state index contributed by atoms with van der Waals surface area (Å²) in [5.41, 5.74) is 3.62. The van der Waals surface area contributed by atoms with Crippen molar-refractivity contribution >= 4 is 35.0 Å². The molecule has 1 spiro atoms. The minimum Gasteiger partial charge on any atom is -0.323 e. The second-order valence-corrected chi connectivity index (χ2v) is 6.85. The lowest BCUT2D eigenvalue weighted by Gasteiger charge is -2.32. The number of nitrogens with zero attached hydrogens (tertiary/aromatic N) is 1. The van der Waals surface area contributed by atoms with Crippen LogP contribution in [0.5, 0.6) is 0 Å². The van der Waals surface area contributed by atoms with E-state index < -0.39 is 4.87 Å². The first-order valence-electron chi connectivity index (χ1n) is 7.63. The fourth-order valence-corrected chi connectivity index (χ4v) is 4.57. The number of amides is 2. The predicted molar refractivity (Wildman–Crippen MR) is 92.5 cm³/mol. The van der Waals surface area contributed by atoms with Crippen molar-refractivity contribution in [1.29, 1.82) is 0 Å². The van der Waals surface area contributed by atoms with Crippen LogP contribution in [-0.2, 0) is 20.9 Å². The molecule has 2 aliphatic heterocycles. The third-order valence-corrected chi connectivity index (χ3v) is 5.82. The van der Waals surface area contributed by atoms with Gasteiger partial charge in [0.25, 0.3) is 5.91 Å². The predicted octanol–water partition coefficient (Wildman–Crippen LogP) is 3.13. The Balaban J connectivity index is 1.87. The van der Waals surface area contributed by atoms with Crippen LogP contribution in [-0.4, -0.2) is 17.6 Å². The maximum Gasteiger partial charge on any atom is 0.266 e. The molecule has 2 amide bonds. The van der Waals surface area contributed by atoms with E-state index in [2.05, 4.69) is 12.2 Å². The van der Waals surface area contributed by atoms with Gasteiger partial charge in [0.05, 0.1) is 5.75 Å². The Hall–Kier alpha value is -2.27. The number of nitrogens with one attached hydrogen (secondary N) is 1. The molecule has 1 fully saturated rings. The molecule has 0 unspecified atom stereocenters. The molecule has 0 aliphatic carbocycles. The van der Waals surface area contributed by atoms with Gasteiger partial charge >= 0.3 is 0 Å². The fourth-order valence-electron chi connectivity index (χ4n) is 3.26. The Labute approximate surface area is 138 Å². The quantitative estimate of drug-likeness (QED) is 0.923. The summed E-state index contributed by atoms with van der Waals surface area (Å²) in [6.45, 7) is 2.09. The van der Waals surface area contributed by atoms with E-state index in [-0.39, 0.29) is 11.8 Å². The molecule has 1 N–H and O–H groups in total. The van der Waals surface area contributed by atoms with Crippen molar-refractivity contribution in [2.75, 3.05) is 16.0 Å². The molecule has 2 aromatic carbocycles. The van der Waals surface area contributed by atoms with Crippen LogP contribution in [0.2, 0.25) is 0 Å². The summed E-state index contributed by atoms with van der Waals surface area (Å²) in [7, 11) is 0. The second kappa shape index (κ2) is 5.13. The molecule has 0 bridgehead atoms. The van der Waals surface area contributed by atoms with E-state index in [0.29, 0.717) is 5.75 Å². The number of carbonyl (C=O) groups excluding carboxylic acids is 2. The van der Waals surface area contributed by atoms with Crippen molar-refractivity contribution in [2.45, 2.75) is 18.2 Å². The lowest BCUT2D eigenvalue weighted by molar-refractivity contribution is -0.122. The Morgan fingerprint density at radius 2 is 1.87 bits per heavy atom. The number of hydrogen-bond acceptors (Lipinski definition) is 3. The average Bonchev–Trinajstić information content (AvgIpc) is 3.07. The second-order valence-electron chi connectivity index (χ2n) is 5.68. The molecule has 1 atom stereocenters. The van der Waals surface area contributed by atoms with Gasteiger partial charge in [-0.1, -0.05) is 37.3 Å². The Morgan fingerprint density at radius 3 is 2.61 bits per heavy atom. The highest BCUT2D eigenvalue weighted by Crippen LogP contribution is 2.53. The van der Waals surface area contributed by atoms with Gasteiger partial charge in [0.1, 0.15) is 0 Å². The van der Waals surface area contributed by atoms with Crippen LogP contribution in [0.25, 0.3) is 0 Å². The maximum absolute atomic E-state index is 12.8. The molecule has 0 saturated carbocycles. The standard InChI is InChI=1S/C18H16N2O2S/c1-2-12-7-9-13(10-8-12)20-16(21)11-23-18(20)14-5-3-4-6-15(14)19-17(18)22/h3-10H,2,11H2,1H3,(H,19,22)/t18-/m0/s1. The molecule has 5 heteroatoms. The lowest BCUT2D eigenvalue weighted by atomic mass is 10.0. The number of anilines is 2. The summed E-state index contributed by atoms with van der Waals surface area (Å²) >= 11 is 1.39. The molecule has 2 heterocycles. The Kier molecular flexibility index (Phi) is 3.20. The maximum atomic E-state index is 12.8. The first kappa shape index (κ1) is 14.3. The van der Waals surface area contributed by atoms with Crippen molar-refractivity contribution in [3.8, 4) is 0 Å². The third-order valence-electron chi connectivity index (χ3n) is 4.42. The van der Waals surface area contributed by atoms with E-state index in [1.54, 1.807) is 4.90 Å². The van der Waals surface area contributed by atoms with Crippen molar-refractivity contribution in [3.63, 3.8) is 0 Å². The lowest BCUT2D eigenvalue weighted by Crippen LogP contribution is -2.47. The normalized spacial score (nSPS) is 22.6.